The second-order valence-electron chi connectivity index (χ2n) is 12.0. The molecule has 0 radical (unpaired) electrons. The highest BCUT2D eigenvalue weighted by Gasteiger charge is 2.38. The third kappa shape index (κ3) is 8.98. The summed E-state index contributed by atoms with van der Waals surface area (Å²) in [5, 5.41) is 0. The van der Waals surface area contributed by atoms with Crippen LogP contribution in [0.5, 0.6) is 0 Å². The van der Waals surface area contributed by atoms with Crippen LogP contribution in [0.15, 0.2) is 36.5 Å². The summed E-state index contributed by atoms with van der Waals surface area (Å²) in [6, 6.07) is 0. The van der Waals surface area contributed by atoms with Gasteiger partial charge in [0, 0.05) is 26.2 Å². The fourth-order valence-corrected chi connectivity index (χ4v) is 7.46. The van der Waals surface area contributed by atoms with Crippen molar-refractivity contribution in [2.24, 2.45) is 23.7 Å². The van der Waals surface area contributed by atoms with E-state index in [2.05, 4.69) is 46.3 Å². The highest BCUT2D eigenvalue weighted by atomic mass is 15.1. The minimum atomic E-state index is 0.929. The summed E-state index contributed by atoms with van der Waals surface area (Å²) >= 11 is 0. The Kier molecular flexibility index (Phi) is 11.8. The number of nitrogens with zero attached hydrogens (tertiary/aromatic N) is 2. The number of hydrogen-bond donors (Lipinski definition) is 0. The highest BCUT2D eigenvalue weighted by Crippen LogP contribution is 2.40. The Labute approximate surface area is 211 Å². The molecule has 0 saturated carbocycles. The number of rotatable bonds is 0. The van der Waals surface area contributed by atoms with Crippen molar-refractivity contribution in [2.75, 3.05) is 39.3 Å². The van der Waals surface area contributed by atoms with Gasteiger partial charge in [0.2, 0.25) is 0 Å². The molecule has 0 aromatic rings. The smallest absolute Gasteiger partial charge is 0.00160 e. The topological polar surface area (TPSA) is 6.48 Å². The highest BCUT2D eigenvalue weighted by molar-refractivity contribution is 5.02. The molecule has 6 unspecified atom stereocenters. The summed E-state index contributed by atoms with van der Waals surface area (Å²) in [5.41, 5.74) is 0. The second-order valence-corrected chi connectivity index (χ2v) is 12.0. The summed E-state index contributed by atoms with van der Waals surface area (Å²) in [5.74, 6) is 3.82. The van der Waals surface area contributed by atoms with Crippen molar-refractivity contribution in [1.82, 2.24) is 9.80 Å². The predicted octanol–water partition coefficient (Wildman–Crippen LogP) is 8.02. The van der Waals surface area contributed by atoms with Gasteiger partial charge in [0.15, 0.2) is 0 Å². The van der Waals surface area contributed by atoms with E-state index in [0.29, 0.717) is 0 Å². The van der Waals surface area contributed by atoms with Crippen molar-refractivity contribution in [1.29, 1.82) is 0 Å². The maximum Gasteiger partial charge on any atom is 0.00160 e. The first-order valence-corrected chi connectivity index (χ1v) is 15.3. The summed E-state index contributed by atoms with van der Waals surface area (Å²) < 4.78 is 0. The molecule has 5 aliphatic heterocycles. The van der Waals surface area contributed by atoms with Gasteiger partial charge >= 0.3 is 0 Å². The predicted molar refractivity (Wildman–Crippen MR) is 148 cm³/mol. The summed E-state index contributed by atoms with van der Waals surface area (Å²) in [6.07, 6.45) is 36.6. The minimum absolute atomic E-state index is 0.929. The lowest BCUT2D eigenvalue weighted by Crippen LogP contribution is -2.49. The van der Waals surface area contributed by atoms with Gasteiger partial charge in [0.05, 0.1) is 0 Å². The first-order chi connectivity index (χ1) is 16.9. The Bertz CT molecular complexity index is 635. The normalized spacial score (nSPS) is 37.4. The van der Waals surface area contributed by atoms with Crippen molar-refractivity contribution in [3.05, 3.63) is 36.5 Å². The molecule has 2 saturated heterocycles. The Morgan fingerprint density at radius 3 is 2.09 bits per heavy atom. The zero-order valence-electron chi connectivity index (χ0n) is 22.2. The molecular weight excluding hydrogens is 412 g/mol. The summed E-state index contributed by atoms with van der Waals surface area (Å²) in [7, 11) is 0. The molecule has 34 heavy (non-hydrogen) atoms. The van der Waals surface area contributed by atoms with Crippen molar-refractivity contribution in [2.45, 2.75) is 103 Å². The van der Waals surface area contributed by atoms with Crippen molar-refractivity contribution < 1.29 is 0 Å². The quantitative estimate of drug-likeness (QED) is 0.333. The monoisotopic (exact) mass is 466 g/mol. The van der Waals surface area contributed by atoms with E-state index in [0.717, 1.165) is 23.7 Å². The standard InChI is InChI=1S/C32H54N2/c1-2-5-10-14-18-23-34-26-29-19-15-11-7-4-6-9-13-17-22-33-24-21-32(31(25-29)28-34)30(27-33)20-16-12-8-3-1/h1-3,5,9,13,29-32H,4,6-8,10-12,14-28H2. The molecular formula is C32H54N2. The average molecular weight is 467 g/mol. The second kappa shape index (κ2) is 15.3. The number of hydrogen-bond acceptors (Lipinski definition) is 2. The van der Waals surface area contributed by atoms with Gasteiger partial charge < -0.3 is 9.80 Å². The number of allylic oxidation sites excluding steroid dienone is 5. The minimum Gasteiger partial charge on any atom is -0.303 e. The van der Waals surface area contributed by atoms with Gasteiger partial charge in [-0.15, -0.1) is 0 Å². The Morgan fingerprint density at radius 2 is 1.18 bits per heavy atom. The van der Waals surface area contributed by atoms with Crippen LogP contribution < -0.4 is 0 Å². The van der Waals surface area contributed by atoms with Gasteiger partial charge in [-0.1, -0.05) is 62.1 Å². The van der Waals surface area contributed by atoms with E-state index in [1.165, 1.54) is 142 Å². The summed E-state index contributed by atoms with van der Waals surface area (Å²) in [4.78, 5) is 5.75. The molecule has 6 bridgehead atoms. The molecule has 5 rings (SSSR count). The van der Waals surface area contributed by atoms with Gasteiger partial charge in [-0.3, -0.25) is 0 Å². The van der Waals surface area contributed by atoms with Crippen LogP contribution in [-0.2, 0) is 0 Å². The molecule has 6 atom stereocenters. The molecule has 0 aliphatic carbocycles. The molecule has 2 nitrogen and oxygen atoms in total. The maximum absolute atomic E-state index is 2.92. The van der Waals surface area contributed by atoms with Crippen LogP contribution in [-0.4, -0.2) is 49.1 Å². The lowest BCUT2D eigenvalue weighted by atomic mass is 9.69. The third-order valence-electron chi connectivity index (χ3n) is 9.31. The van der Waals surface area contributed by atoms with Crippen LogP contribution in [0.4, 0.5) is 0 Å². The molecule has 0 N–H and O–H groups in total. The Morgan fingerprint density at radius 1 is 0.471 bits per heavy atom. The van der Waals surface area contributed by atoms with Crippen molar-refractivity contribution in [3.63, 3.8) is 0 Å². The van der Waals surface area contributed by atoms with Crippen LogP contribution >= 0.6 is 0 Å². The van der Waals surface area contributed by atoms with E-state index in [1.807, 2.05) is 0 Å². The van der Waals surface area contributed by atoms with E-state index in [9.17, 15) is 0 Å². The Balaban J connectivity index is 1.48. The van der Waals surface area contributed by atoms with Crippen LogP contribution in [0.1, 0.15) is 103 Å². The maximum atomic E-state index is 2.92. The van der Waals surface area contributed by atoms with E-state index < -0.39 is 0 Å². The molecule has 0 aromatic carbocycles. The zero-order valence-corrected chi connectivity index (χ0v) is 22.2. The third-order valence-corrected chi connectivity index (χ3v) is 9.31. The zero-order chi connectivity index (χ0) is 23.3. The van der Waals surface area contributed by atoms with Crippen LogP contribution in [0.2, 0.25) is 0 Å². The van der Waals surface area contributed by atoms with Gasteiger partial charge in [-0.25, -0.2) is 0 Å². The van der Waals surface area contributed by atoms with E-state index in [1.54, 1.807) is 0 Å². The fourth-order valence-electron chi connectivity index (χ4n) is 7.46. The van der Waals surface area contributed by atoms with Crippen molar-refractivity contribution >= 4 is 0 Å². The molecule has 0 aromatic heterocycles. The lowest BCUT2D eigenvalue weighted by molar-refractivity contribution is 0.0194. The molecule has 0 amide bonds. The summed E-state index contributed by atoms with van der Waals surface area (Å²) in [6.45, 7) is 8.14. The Hall–Kier alpha value is -0.860. The SMILES string of the molecule is C1=CCCCCC2CN3CCC=CCCCCCCC4CC(CN(CCCCC=C1)C4)C2CC3. The number of piperidine rings is 2. The molecule has 5 aliphatic rings. The first-order valence-electron chi connectivity index (χ1n) is 15.3. The fraction of sp³-hybridized carbons (Fsp3) is 0.812. The first kappa shape index (κ1) is 26.2. The molecule has 2 heteroatoms. The van der Waals surface area contributed by atoms with Gasteiger partial charge in [-0.05, 0) is 114 Å². The van der Waals surface area contributed by atoms with Gasteiger partial charge in [0.1, 0.15) is 0 Å². The molecule has 2 fully saturated rings. The van der Waals surface area contributed by atoms with Crippen LogP contribution in [0, 0.1) is 23.7 Å². The molecule has 5 heterocycles. The lowest BCUT2D eigenvalue weighted by Gasteiger charge is -2.47. The average Bonchev–Trinajstić information content (AvgIpc) is 2.85. The van der Waals surface area contributed by atoms with E-state index in [4.69, 9.17) is 0 Å². The molecule has 0 spiro atoms. The largest absolute Gasteiger partial charge is 0.303 e. The number of fused-ring (bicyclic) bond motifs is 10. The van der Waals surface area contributed by atoms with E-state index >= 15 is 0 Å². The molecule has 192 valence electrons. The van der Waals surface area contributed by atoms with Crippen molar-refractivity contribution in [3.8, 4) is 0 Å². The van der Waals surface area contributed by atoms with E-state index in [-0.39, 0.29) is 0 Å². The van der Waals surface area contributed by atoms with Crippen LogP contribution in [0.25, 0.3) is 0 Å². The van der Waals surface area contributed by atoms with Crippen LogP contribution in [0.3, 0.4) is 0 Å². The van der Waals surface area contributed by atoms with Gasteiger partial charge in [0.25, 0.3) is 0 Å². The van der Waals surface area contributed by atoms with Gasteiger partial charge in [-0.2, -0.15) is 0 Å².